The molecule has 14 heavy (non-hydrogen) atoms. The Morgan fingerprint density at radius 2 is 2.21 bits per heavy atom. The Morgan fingerprint density at radius 3 is 2.71 bits per heavy atom. The molecule has 0 N–H and O–H groups in total. The van der Waals surface area contributed by atoms with E-state index in [1.54, 1.807) is 5.57 Å². The van der Waals surface area contributed by atoms with Gasteiger partial charge in [0.05, 0.1) is 0 Å². The number of hydrogen-bond donors (Lipinski definition) is 0. The fourth-order valence-electron chi connectivity index (χ4n) is 3.10. The van der Waals surface area contributed by atoms with Crippen LogP contribution in [0.1, 0.15) is 33.1 Å². The fourth-order valence-corrected chi connectivity index (χ4v) is 3.10. The van der Waals surface area contributed by atoms with E-state index in [2.05, 4.69) is 19.1 Å². The molecule has 2 saturated carbocycles. The molecule has 3 atom stereocenters. The fraction of sp³-hybridized carbons (Fsp3) is 0.615. The molecule has 0 amide bonds. The molecule has 1 nitrogen and oxygen atoms in total. The predicted molar refractivity (Wildman–Crippen MR) is 57.9 cm³/mol. The van der Waals surface area contributed by atoms with Gasteiger partial charge in [-0.2, -0.15) is 0 Å². The Balaban J connectivity index is 2.07. The van der Waals surface area contributed by atoms with E-state index in [1.165, 1.54) is 19.3 Å². The summed E-state index contributed by atoms with van der Waals surface area (Å²) in [5, 5.41) is 0. The maximum atomic E-state index is 10.5. The van der Waals surface area contributed by atoms with Crippen molar-refractivity contribution in [3.05, 3.63) is 23.3 Å². The van der Waals surface area contributed by atoms with Crippen molar-refractivity contribution in [1.29, 1.82) is 0 Å². The van der Waals surface area contributed by atoms with Gasteiger partial charge in [0, 0.05) is 0 Å². The number of hydrogen-bond acceptors (Lipinski definition) is 1. The van der Waals surface area contributed by atoms with Gasteiger partial charge in [0.2, 0.25) is 0 Å². The molecule has 76 valence electrons. The zero-order valence-electron chi connectivity index (χ0n) is 8.99. The molecule has 2 bridgehead atoms. The van der Waals surface area contributed by atoms with Crippen molar-refractivity contribution in [3.63, 3.8) is 0 Å². The highest BCUT2D eigenvalue weighted by atomic mass is 16.1. The van der Waals surface area contributed by atoms with Crippen molar-refractivity contribution in [2.75, 3.05) is 0 Å². The SMILES string of the molecule is CC=C1CC2CC1CC2C=C(C)C=O. The van der Waals surface area contributed by atoms with Gasteiger partial charge in [-0.15, -0.1) is 0 Å². The first-order valence-corrected chi connectivity index (χ1v) is 5.53. The number of aldehydes is 1. The molecule has 0 aromatic rings. The van der Waals surface area contributed by atoms with Crippen LogP contribution in [0.2, 0.25) is 0 Å². The topological polar surface area (TPSA) is 17.1 Å². The first-order valence-electron chi connectivity index (χ1n) is 5.53. The van der Waals surface area contributed by atoms with Gasteiger partial charge in [0.1, 0.15) is 6.29 Å². The zero-order chi connectivity index (χ0) is 10.1. The standard InChI is InChI=1S/C13H18O/c1-3-10-5-13-7-12(10)6-11(13)4-9(2)8-14/h3-4,8,11-13H,5-7H2,1-2H3. The minimum absolute atomic E-state index is 0.675. The molecule has 2 rings (SSSR count). The van der Waals surface area contributed by atoms with Crippen LogP contribution in [-0.4, -0.2) is 6.29 Å². The van der Waals surface area contributed by atoms with Crippen LogP contribution in [0, 0.1) is 17.8 Å². The van der Waals surface area contributed by atoms with Gasteiger partial charge in [-0.3, -0.25) is 4.79 Å². The van der Waals surface area contributed by atoms with Crippen LogP contribution in [0.3, 0.4) is 0 Å². The molecule has 3 unspecified atom stereocenters. The number of allylic oxidation sites excluding steroid dienone is 4. The number of carbonyl (C=O) groups excluding carboxylic acids is 1. The quantitative estimate of drug-likeness (QED) is 0.371. The largest absolute Gasteiger partial charge is 0.298 e. The van der Waals surface area contributed by atoms with Crippen molar-refractivity contribution in [3.8, 4) is 0 Å². The average Bonchev–Trinajstić information content (AvgIpc) is 2.75. The summed E-state index contributed by atoms with van der Waals surface area (Å²) < 4.78 is 0. The van der Waals surface area contributed by atoms with E-state index in [0.717, 1.165) is 23.7 Å². The summed E-state index contributed by atoms with van der Waals surface area (Å²) in [5.74, 6) is 2.32. The Kier molecular flexibility index (Phi) is 2.58. The Hall–Kier alpha value is -0.850. The molecule has 1 heteroatoms. The summed E-state index contributed by atoms with van der Waals surface area (Å²) in [7, 11) is 0. The van der Waals surface area contributed by atoms with Gasteiger partial charge < -0.3 is 0 Å². The Morgan fingerprint density at radius 1 is 1.43 bits per heavy atom. The zero-order valence-corrected chi connectivity index (χ0v) is 8.99. The van der Waals surface area contributed by atoms with Crippen LogP contribution in [-0.2, 0) is 4.79 Å². The van der Waals surface area contributed by atoms with Crippen LogP contribution >= 0.6 is 0 Å². The molecule has 0 aliphatic heterocycles. The highest BCUT2D eigenvalue weighted by molar-refractivity contribution is 5.72. The molecule has 2 aliphatic rings. The van der Waals surface area contributed by atoms with Crippen molar-refractivity contribution in [2.45, 2.75) is 33.1 Å². The van der Waals surface area contributed by atoms with Crippen LogP contribution in [0.15, 0.2) is 23.3 Å². The first-order chi connectivity index (χ1) is 6.74. The lowest BCUT2D eigenvalue weighted by molar-refractivity contribution is -0.104. The van der Waals surface area contributed by atoms with E-state index >= 15 is 0 Å². The van der Waals surface area contributed by atoms with Gasteiger partial charge in [-0.05, 0) is 56.4 Å². The van der Waals surface area contributed by atoms with E-state index in [-0.39, 0.29) is 0 Å². The molecular weight excluding hydrogens is 172 g/mol. The summed E-state index contributed by atoms with van der Waals surface area (Å²) in [6, 6.07) is 0. The van der Waals surface area contributed by atoms with Gasteiger partial charge >= 0.3 is 0 Å². The number of carbonyl (C=O) groups is 1. The molecule has 0 aromatic carbocycles. The van der Waals surface area contributed by atoms with Gasteiger partial charge in [0.15, 0.2) is 0 Å². The van der Waals surface area contributed by atoms with Crippen molar-refractivity contribution in [2.24, 2.45) is 17.8 Å². The molecule has 0 aromatic heterocycles. The number of rotatable bonds is 2. The summed E-state index contributed by atoms with van der Waals surface area (Å²) in [5.41, 5.74) is 2.56. The Bertz CT molecular complexity index is 298. The normalized spacial score (nSPS) is 39.4. The monoisotopic (exact) mass is 190 g/mol. The Labute approximate surface area is 85.9 Å². The van der Waals surface area contributed by atoms with E-state index in [9.17, 15) is 4.79 Å². The maximum absolute atomic E-state index is 10.5. The van der Waals surface area contributed by atoms with Gasteiger partial charge in [-0.1, -0.05) is 17.7 Å². The lowest BCUT2D eigenvalue weighted by Gasteiger charge is -2.20. The van der Waals surface area contributed by atoms with Gasteiger partial charge in [-0.25, -0.2) is 0 Å². The van der Waals surface area contributed by atoms with E-state index < -0.39 is 0 Å². The van der Waals surface area contributed by atoms with Crippen molar-refractivity contribution in [1.82, 2.24) is 0 Å². The van der Waals surface area contributed by atoms with Crippen LogP contribution < -0.4 is 0 Å². The third-order valence-corrected chi connectivity index (χ3v) is 3.81. The molecule has 0 radical (unpaired) electrons. The molecule has 0 heterocycles. The summed E-state index contributed by atoms with van der Waals surface area (Å²) >= 11 is 0. The maximum Gasteiger partial charge on any atom is 0.145 e. The minimum atomic E-state index is 0.675. The summed E-state index contributed by atoms with van der Waals surface area (Å²) in [4.78, 5) is 10.5. The van der Waals surface area contributed by atoms with E-state index in [4.69, 9.17) is 0 Å². The van der Waals surface area contributed by atoms with Crippen LogP contribution in [0.5, 0.6) is 0 Å². The summed E-state index contributed by atoms with van der Waals surface area (Å²) in [6.45, 7) is 4.06. The first kappa shape index (κ1) is 9.70. The van der Waals surface area contributed by atoms with E-state index in [1.807, 2.05) is 6.92 Å². The lowest BCUT2D eigenvalue weighted by atomic mass is 9.85. The molecular formula is C13H18O. The second kappa shape index (κ2) is 3.72. The van der Waals surface area contributed by atoms with Crippen LogP contribution in [0.4, 0.5) is 0 Å². The molecule has 0 saturated heterocycles. The van der Waals surface area contributed by atoms with Crippen molar-refractivity contribution < 1.29 is 4.79 Å². The minimum Gasteiger partial charge on any atom is -0.298 e. The second-order valence-corrected chi connectivity index (χ2v) is 4.69. The van der Waals surface area contributed by atoms with E-state index in [0.29, 0.717) is 5.92 Å². The second-order valence-electron chi connectivity index (χ2n) is 4.69. The summed E-state index contributed by atoms with van der Waals surface area (Å²) in [6.07, 6.45) is 9.35. The number of fused-ring (bicyclic) bond motifs is 2. The van der Waals surface area contributed by atoms with Crippen LogP contribution in [0.25, 0.3) is 0 Å². The third kappa shape index (κ3) is 1.56. The lowest BCUT2D eigenvalue weighted by Crippen LogP contribution is -2.10. The van der Waals surface area contributed by atoms with Gasteiger partial charge in [0.25, 0.3) is 0 Å². The third-order valence-electron chi connectivity index (χ3n) is 3.81. The molecule has 0 spiro atoms. The highest BCUT2D eigenvalue weighted by Crippen LogP contribution is 2.52. The predicted octanol–water partition coefficient (Wildman–Crippen LogP) is 3.12. The highest BCUT2D eigenvalue weighted by Gasteiger charge is 2.40. The molecule has 2 fully saturated rings. The average molecular weight is 190 g/mol. The smallest absolute Gasteiger partial charge is 0.145 e. The molecule has 2 aliphatic carbocycles. The van der Waals surface area contributed by atoms with Crippen molar-refractivity contribution >= 4 is 6.29 Å².